The Labute approximate surface area is 127 Å². The zero-order valence-corrected chi connectivity index (χ0v) is 12.8. The third kappa shape index (κ3) is 5.28. The summed E-state index contributed by atoms with van der Waals surface area (Å²) in [7, 11) is 1.73. The van der Waals surface area contributed by atoms with Crippen LogP contribution in [0, 0.1) is 0 Å². The highest BCUT2D eigenvalue weighted by Crippen LogP contribution is 2.19. The van der Waals surface area contributed by atoms with E-state index in [1.165, 1.54) is 5.56 Å². The fraction of sp³-hybridized carbons (Fsp3) is 0.625. The van der Waals surface area contributed by atoms with Crippen LogP contribution in [-0.2, 0) is 11.3 Å². The number of rotatable bonds is 8. The Morgan fingerprint density at radius 3 is 2.48 bits per heavy atom. The Balaban J connectivity index is 1.71. The van der Waals surface area contributed by atoms with Gasteiger partial charge in [0.05, 0.1) is 26.9 Å². The maximum atomic E-state index is 8.67. The molecular formula is C16H26N2O3. The van der Waals surface area contributed by atoms with E-state index in [0.29, 0.717) is 13.2 Å². The van der Waals surface area contributed by atoms with Crippen LogP contribution < -0.4 is 4.74 Å². The normalized spacial score (nSPS) is 17.0. The van der Waals surface area contributed by atoms with Crippen molar-refractivity contribution in [1.29, 1.82) is 0 Å². The fourth-order valence-corrected chi connectivity index (χ4v) is 2.61. The van der Waals surface area contributed by atoms with Gasteiger partial charge in [0.2, 0.25) is 0 Å². The number of para-hydroxylation sites is 1. The second kappa shape index (κ2) is 9.00. The molecule has 0 atom stereocenters. The van der Waals surface area contributed by atoms with Gasteiger partial charge in [0, 0.05) is 44.8 Å². The average molecular weight is 294 g/mol. The Morgan fingerprint density at radius 2 is 1.76 bits per heavy atom. The summed E-state index contributed by atoms with van der Waals surface area (Å²) in [5.74, 6) is 0.970. The molecule has 0 saturated carbocycles. The smallest absolute Gasteiger partial charge is 0.123 e. The van der Waals surface area contributed by atoms with Crippen molar-refractivity contribution in [2.24, 2.45) is 0 Å². The second-order valence-electron chi connectivity index (χ2n) is 5.27. The van der Waals surface area contributed by atoms with E-state index in [-0.39, 0.29) is 6.61 Å². The Hall–Kier alpha value is -1.14. The minimum Gasteiger partial charge on any atom is -0.496 e. The summed E-state index contributed by atoms with van der Waals surface area (Å²) >= 11 is 0. The summed E-state index contributed by atoms with van der Waals surface area (Å²) in [5.41, 5.74) is 1.25. The minimum atomic E-state index is 0.104. The molecule has 1 aromatic rings. The Kier molecular flexibility index (Phi) is 6.95. The molecule has 1 heterocycles. The van der Waals surface area contributed by atoms with Gasteiger partial charge in [-0.15, -0.1) is 0 Å². The van der Waals surface area contributed by atoms with Gasteiger partial charge in [0.1, 0.15) is 5.75 Å². The van der Waals surface area contributed by atoms with Gasteiger partial charge >= 0.3 is 0 Å². The van der Waals surface area contributed by atoms with Crippen molar-refractivity contribution in [2.45, 2.75) is 6.54 Å². The lowest BCUT2D eigenvalue weighted by Crippen LogP contribution is -2.46. The first-order chi connectivity index (χ1) is 10.3. The van der Waals surface area contributed by atoms with E-state index in [9.17, 15) is 0 Å². The lowest BCUT2D eigenvalue weighted by molar-refractivity contribution is 0.0562. The highest BCUT2D eigenvalue weighted by atomic mass is 16.5. The zero-order chi connectivity index (χ0) is 14.9. The Bertz CT molecular complexity index is 406. The molecular weight excluding hydrogens is 268 g/mol. The Morgan fingerprint density at radius 1 is 1.05 bits per heavy atom. The third-order valence-corrected chi connectivity index (χ3v) is 3.84. The quantitative estimate of drug-likeness (QED) is 0.719. The predicted molar refractivity (Wildman–Crippen MR) is 82.6 cm³/mol. The summed E-state index contributed by atoms with van der Waals surface area (Å²) in [6.45, 7) is 7.40. The molecule has 0 amide bonds. The molecule has 1 N–H and O–H groups in total. The number of hydrogen-bond acceptors (Lipinski definition) is 5. The molecule has 0 aliphatic carbocycles. The van der Waals surface area contributed by atoms with E-state index in [4.69, 9.17) is 14.6 Å². The fourth-order valence-electron chi connectivity index (χ4n) is 2.61. The largest absolute Gasteiger partial charge is 0.496 e. The predicted octanol–water partition coefficient (Wildman–Crippen LogP) is 0.822. The first-order valence-corrected chi connectivity index (χ1v) is 7.58. The van der Waals surface area contributed by atoms with Gasteiger partial charge in [0.15, 0.2) is 0 Å². The molecule has 0 bridgehead atoms. The standard InChI is InChI=1S/C16H26N2O3/c1-20-16-5-3-2-4-15(16)14-18-8-6-17(7-9-18)10-12-21-13-11-19/h2-5,19H,6-14H2,1H3. The van der Waals surface area contributed by atoms with Crippen molar-refractivity contribution in [2.75, 3.05) is 59.7 Å². The monoisotopic (exact) mass is 294 g/mol. The van der Waals surface area contributed by atoms with Crippen molar-refractivity contribution >= 4 is 0 Å². The molecule has 21 heavy (non-hydrogen) atoms. The maximum Gasteiger partial charge on any atom is 0.123 e. The molecule has 2 rings (SSSR count). The van der Waals surface area contributed by atoms with Gasteiger partial charge in [-0.05, 0) is 6.07 Å². The molecule has 5 heteroatoms. The molecule has 1 fully saturated rings. The molecule has 1 aliphatic heterocycles. The number of benzene rings is 1. The molecule has 0 aromatic heterocycles. The first-order valence-electron chi connectivity index (χ1n) is 7.58. The van der Waals surface area contributed by atoms with E-state index in [2.05, 4.69) is 21.9 Å². The molecule has 1 saturated heterocycles. The van der Waals surface area contributed by atoms with Crippen LogP contribution in [0.4, 0.5) is 0 Å². The van der Waals surface area contributed by atoms with Crippen LogP contribution >= 0.6 is 0 Å². The summed E-state index contributed by atoms with van der Waals surface area (Å²) in [6, 6.07) is 8.22. The minimum absolute atomic E-state index is 0.104. The van der Waals surface area contributed by atoms with E-state index in [1.54, 1.807) is 7.11 Å². The number of ether oxygens (including phenoxy) is 2. The van der Waals surface area contributed by atoms with Gasteiger partial charge in [0.25, 0.3) is 0 Å². The van der Waals surface area contributed by atoms with Crippen LogP contribution in [-0.4, -0.2) is 74.6 Å². The van der Waals surface area contributed by atoms with Crippen molar-refractivity contribution in [1.82, 2.24) is 9.80 Å². The van der Waals surface area contributed by atoms with Gasteiger partial charge in [-0.25, -0.2) is 0 Å². The van der Waals surface area contributed by atoms with Crippen LogP contribution in [0.25, 0.3) is 0 Å². The van der Waals surface area contributed by atoms with Crippen LogP contribution in [0.2, 0.25) is 0 Å². The van der Waals surface area contributed by atoms with Gasteiger partial charge < -0.3 is 14.6 Å². The molecule has 1 aliphatic rings. The lowest BCUT2D eigenvalue weighted by atomic mass is 10.1. The van der Waals surface area contributed by atoms with E-state index in [1.807, 2.05) is 12.1 Å². The van der Waals surface area contributed by atoms with Gasteiger partial charge in [-0.3, -0.25) is 9.80 Å². The van der Waals surface area contributed by atoms with Crippen molar-refractivity contribution in [3.05, 3.63) is 29.8 Å². The molecule has 0 unspecified atom stereocenters. The molecule has 1 aromatic carbocycles. The number of aliphatic hydroxyl groups is 1. The second-order valence-corrected chi connectivity index (χ2v) is 5.27. The van der Waals surface area contributed by atoms with Gasteiger partial charge in [-0.1, -0.05) is 18.2 Å². The zero-order valence-electron chi connectivity index (χ0n) is 12.8. The number of hydrogen-bond donors (Lipinski definition) is 1. The van der Waals surface area contributed by atoms with Crippen molar-refractivity contribution in [3.63, 3.8) is 0 Å². The van der Waals surface area contributed by atoms with Crippen LogP contribution in [0.1, 0.15) is 5.56 Å². The molecule has 5 nitrogen and oxygen atoms in total. The summed E-state index contributed by atoms with van der Waals surface area (Å²) in [4.78, 5) is 4.87. The maximum absolute atomic E-state index is 8.67. The van der Waals surface area contributed by atoms with E-state index >= 15 is 0 Å². The number of piperazine rings is 1. The molecule has 0 spiro atoms. The number of nitrogens with zero attached hydrogens (tertiary/aromatic N) is 2. The number of aliphatic hydroxyl groups excluding tert-OH is 1. The molecule has 0 radical (unpaired) electrons. The summed E-state index contributed by atoms with van der Waals surface area (Å²) in [6.07, 6.45) is 0. The lowest BCUT2D eigenvalue weighted by Gasteiger charge is -2.34. The summed E-state index contributed by atoms with van der Waals surface area (Å²) in [5, 5.41) is 8.67. The number of methoxy groups -OCH3 is 1. The van der Waals surface area contributed by atoms with E-state index < -0.39 is 0 Å². The van der Waals surface area contributed by atoms with Gasteiger partial charge in [-0.2, -0.15) is 0 Å². The topological polar surface area (TPSA) is 45.2 Å². The van der Waals surface area contributed by atoms with Crippen LogP contribution in [0.3, 0.4) is 0 Å². The highest BCUT2D eigenvalue weighted by molar-refractivity contribution is 5.33. The van der Waals surface area contributed by atoms with Crippen LogP contribution in [0.5, 0.6) is 5.75 Å². The van der Waals surface area contributed by atoms with Crippen molar-refractivity contribution < 1.29 is 14.6 Å². The summed E-state index contributed by atoms with van der Waals surface area (Å²) < 4.78 is 10.7. The third-order valence-electron chi connectivity index (χ3n) is 3.84. The van der Waals surface area contributed by atoms with Crippen LogP contribution in [0.15, 0.2) is 24.3 Å². The van der Waals surface area contributed by atoms with E-state index in [0.717, 1.165) is 45.0 Å². The first kappa shape index (κ1) is 16.2. The average Bonchev–Trinajstić information content (AvgIpc) is 2.54. The highest BCUT2D eigenvalue weighted by Gasteiger charge is 2.17. The van der Waals surface area contributed by atoms with Crippen molar-refractivity contribution in [3.8, 4) is 5.75 Å². The molecule has 118 valence electrons. The SMILES string of the molecule is COc1ccccc1CN1CCN(CCOCCO)CC1.